The highest BCUT2D eigenvalue weighted by Gasteiger charge is 2.33. The van der Waals surface area contributed by atoms with Gasteiger partial charge < -0.3 is 5.11 Å². The zero-order valence-electron chi connectivity index (χ0n) is 8.64. The van der Waals surface area contributed by atoms with E-state index in [1.165, 1.54) is 25.7 Å². The average molecular weight is 170 g/mol. The van der Waals surface area contributed by atoms with Crippen LogP contribution < -0.4 is 0 Å². The van der Waals surface area contributed by atoms with Gasteiger partial charge >= 0.3 is 0 Å². The molecule has 0 aromatic carbocycles. The van der Waals surface area contributed by atoms with Gasteiger partial charge in [0.1, 0.15) is 0 Å². The molecule has 0 bridgehead atoms. The van der Waals surface area contributed by atoms with Crippen molar-refractivity contribution < 1.29 is 5.11 Å². The first-order valence-corrected chi connectivity index (χ1v) is 5.20. The Balaban J connectivity index is 2.53. The van der Waals surface area contributed by atoms with Crippen molar-refractivity contribution in [2.45, 2.75) is 46.5 Å². The minimum Gasteiger partial charge on any atom is -0.396 e. The van der Waals surface area contributed by atoms with E-state index >= 15 is 0 Å². The fraction of sp³-hybridized carbons (Fsp3) is 1.00. The van der Waals surface area contributed by atoms with Gasteiger partial charge in [0.05, 0.1) is 0 Å². The van der Waals surface area contributed by atoms with Crippen molar-refractivity contribution in [1.82, 2.24) is 0 Å². The minimum atomic E-state index is 0.397. The lowest BCUT2D eigenvalue weighted by molar-refractivity contribution is 0.0701. The molecule has 1 nitrogen and oxygen atoms in total. The standard InChI is InChI=1S/C11H22O/c1-4-9-7-11(2,3)6-5-10(9)8-12/h9-10,12H,4-8H2,1-3H3. The molecular formula is C11H22O. The molecule has 1 aliphatic carbocycles. The van der Waals surface area contributed by atoms with Crippen LogP contribution in [-0.2, 0) is 0 Å². The second kappa shape index (κ2) is 3.78. The van der Waals surface area contributed by atoms with Crippen LogP contribution in [-0.4, -0.2) is 11.7 Å². The lowest BCUT2D eigenvalue weighted by Crippen LogP contribution is -2.31. The summed E-state index contributed by atoms with van der Waals surface area (Å²) >= 11 is 0. The van der Waals surface area contributed by atoms with E-state index in [0.29, 0.717) is 17.9 Å². The van der Waals surface area contributed by atoms with Gasteiger partial charge in [0.25, 0.3) is 0 Å². The van der Waals surface area contributed by atoms with Gasteiger partial charge in [0.15, 0.2) is 0 Å². The molecule has 1 heteroatoms. The summed E-state index contributed by atoms with van der Waals surface area (Å²) in [6.07, 6.45) is 5.04. The van der Waals surface area contributed by atoms with E-state index in [9.17, 15) is 0 Å². The predicted octanol–water partition coefficient (Wildman–Crippen LogP) is 2.83. The normalized spacial score (nSPS) is 35.0. The maximum absolute atomic E-state index is 9.16. The Morgan fingerprint density at radius 2 is 2.00 bits per heavy atom. The largest absolute Gasteiger partial charge is 0.396 e. The zero-order valence-corrected chi connectivity index (χ0v) is 8.64. The average Bonchev–Trinajstić information content (AvgIpc) is 2.03. The maximum atomic E-state index is 9.16. The maximum Gasteiger partial charge on any atom is 0.0461 e. The van der Waals surface area contributed by atoms with Crippen molar-refractivity contribution in [1.29, 1.82) is 0 Å². The fourth-order valence-corrected chi connectivity index (χ4v) is 2.51. The van der Waals surface area contributed by atoms with Gasteiger partial charge in [-0.1, -0.05) is 27.2 Å². The number of rotatable bonds is 2. The third kappa shape index (κ3) is 2.22. The molecule has 72 valence electrons. The summed E-state index contributed by atoms with van der Waals surface area (Å²) in [7, 11) is 0. The molecule has 1 fully saturated rings. The zero-order chi connectivity index (χ0) is 9.19. The van der Waals surface area contributed by atoms with Crippen LogP contribution in [0.4, 0.5) is 0 Å². The Bertz CT molecular complexity index is 140. The minimum absolute atomic E-state index is 0.397. The van der Waals surface area contributed by atoms with Gasteiger partial charge in [0, 0.05) is 6.61 Å². The van der Waals surface area contributed by atoms with Crippen LogP contribution in [0.25, 0.3) is 0 Å². The Hall–Kier alpha value is -0.0400. The molecule has 0 aliphatic heterocycles. The molecule has 2 unspecified atom stereocenters. The first kappa shape index (κ1) is 10.0. The van der Waals surface area contributed by atoms with Crippen LogP contribution in [0.2, 0.25) is 0 Å². The first-order valence-electron chi connectivity index (χ1n) is 5.20. The molecule has 1 saturated carbocycles. The summed E-state index contributed by atoms with van der Waals surface area (Å²) in [6, 6.07) is 0. The Morgan fingerprint density at radius 1 is 1.33 bits per heavy atom. The van der Waals surface area contributed by atoms with Crippen molar-refractivity contribution in [2.24, 2.45) is 17.3 Å². The van der Waals surface area contributed by atoms with Gasteiger partial charge in [-0.25, -0.2) is 0 Å². The molecule has 1 rings (SSSR count). The summed E-state index contributed by atoms with van der Waals surface area (Å²) in [5.41, 5.74) is 0.520. The first-order chi connectivity index (χ1) is 5.59. The number of hydrogen-bond donors (Lipinski definition) is 1. The monoisotopic (exact) mass is 170 g/mol. The fourth-order valence-electron chi connectivity index (χ4n) is 2.51. The summed E-state index contributed by atoms with van der Waals surface area (Å²) in [6.45, 7) is 7.34. The second-order valence-corrected chi connectivity index (χ2v) is 5.02. The molecule has 2 atom stereocenters. The SMILES string of the molecule is CCC1CC(C)(C)CCC1CO. The molecule has 12 heavy (non-hydrogen) atoms. The summed E-state index contributed by atoms with van der Waals surface area (Å²) in [5, 5.41) is 9.16. The van der Waals surface area contributed by atoms with Crippen LogP contribution in [0.1, 0.15) is 46.5 Å². The van der Waals surface area contributed by atoms with E-state index in [4.69, 9.17) is 5.11 Å². The van der Waals surface area contributed by atoms with Gasteiger partial charge in [-0.3, -0.25) is 0 Å². The van der Waals surface area contributed by atoms with Crippen LogP contribution in [0, 0.1) is 17.3 Å². The van der Waals surface area contributed by atoms with Crippen molar-refractivity contribution in [2.75, 3.05) is 6.61 Å². The predicted molar refractivity (Wildman–Crippen MR) is 52.0 cm³/mol. The summed E-state index contributed by atoms with van der Waals surface area (Å²) < 4.78 is 0. The van der Waals surface area contributed by atoms with Crippen LogP contribution >= 0.6 is 0 Å². The van der Waals surface area contributed by atoms with E-state index in [-0.39, 0.29) is 0 Å². The van der Waals surface area contributed by atoms with Gasteiger partial charge in [-0.2, -0.15) is 0 Å². The molecule has 0 aromatic rings. The molecule has 0 amide bonds. The highest BCUT2D eigenvalue weighted by atomic mass is 16.3. The van der Waals surface area contributed by atoms with Crippen molar-refractivity contribution >= 4 is 0 Å². The van der Waals surface area contributed by atoms with Crippen LogP contribution in [0.5, 0.6) is 0 Å². The molecule has 0 aromatic heterocycles. The van der Waals surface area contributed by atoms with Crippen LogP contribution in [0.15, 0.2) is 0 Å². The molecule has 0 radical (unpaired) electrons. The van der Waals surface area contributed by atoms with Crippen molar-refractivity contribution in [3.8, 4) is 0 Å². The van der Waals surface area contributed by atoms with Gasteiger partial charge in [-0.15, -0.1) is 0 Å². The molecule has 0 saturated heterocycles. The number of aliphatic hydroxyl groups excluding tert-OH is 1. The van der Waals surface area contributed by atoms with Crippen molar-refractivity contribution in [3.05, 3.63) is 0 Å². The van der Waals surface area contributed by atoms with E-state index in [0.717, 1.165) is 5.92 Å². The topological polar surface area (TPSA) is 20.2 Å². The van der Waals surface area contributed by atoms with Crippen molar-refractivity contribution in [3.63, 3.8) is 0 Å². The number of hydrogen-bond acceptors (Lipinski definition) is 1. The highest BCUT2D eigenvalue weighted by Crippen LogP contribution is 2.42. The van der Waals surface area contributed by atoms with E-state index in [1.807, 2.05) is 0 Å². The molecule has 1 N–H and O–H groups in total. The van der Waals surface area contributed by atoms with Gasteiger partial charge in [-0.05, 0) is 36.5 Å². The molecule has 0 heterocycles. The summed E-state index contributed by atoms with van der Waals surface area (Å²) in [5.74, 6) is 1.35. The second-order valence-electron chi connectivity index (χ2n) is 5.02. The quantitative estimate of drug-likeness (QED) is 0.675. The summed E-state index contributed by atoms with van der Waals surface area (Å²) in [4.78, 5) is 0. The Morgan fingerprint density at radius 3 is 2.50 bits per heavy atom. The molecule has 0 spiro atoms. The highest BCUT2D eigenvalue weighted by molar-refractivity contribution is 4.83. The third-order valence-electron chi connectivity index (χ3n) is 3.43. The lowest BCUT2D eigenvalue weighted by atomic mass is 9.66. The van der Waals surface area contributed by atoms with E-state index in [1.54, 1.807) is 0 Å². The van der Waals surface area contributed by atoms with Crippen LogP contribution in [0.3, 0.4) is 0 Å². The van der Waals surface area contributed by atoms with Gasteiger partial charge in [0.2, 0.25) is 0 Å². The Labute approximate surface area is 76.2 Å². The van der Waals surface area contributed by atoms with E-state index < -0.39 is 0 Å². The van der Waals surface area contributed by atoms with E-state index in [2.05, 4.69) is 20.8 Å². The molecular weight excluding hydrogens is 148 g/mol. The smallest absolute Gasteiger partial charge is 0.0461 e. The Kier molecular flexibility index (Phi) is 3.16. The number of aliphatic hydroxyl groups is 1. The lowest BCUT2D eigenvalue weighted by Gasteiger charge is -2.39. The third-order valence-corrected chi connectivity index (χ3v) is 3.43. The molecule has 1 aliphatic rings.